The van der Waals surface area contributed by atoms with Crippen molar-refractivity contribution in [2.24, 2.45) is 0 Å². The molecule has 4 rings (SSSR count). The van der Waals surface area contributed by atoms with Gasteiger partial charge in [0.25, 0.3) is 11.5 Å². The highest BCUT2D eigenvalue weighted by molar-refractivity contribution is 5.93. The minimum Gasteiger partial charge on any atom is -0.352 e. The first kappa shape index (κ1) is 19.4. The van der Waals surface area contributed by atoms with Crippen LogP contribution in [0.25, 0.3) is 5.69 Å². The molecule has 6 nitrogen and oxygen atoms in total. The number of para-hydroxylation sites is 1. The molecule has 0 saturated heterocycles. The third-order valence-corrected chi connectivity index (χ3v) is 4.82. The molecule has 0 aliphatic rings. The predicted molar refractivity (Wildman–Crippen MR) is 116 cm³/mol. The summed E-state index contributed by atoms with van der Waals surface area (Å²) in [6.07, 6.45) is 6.05. The van der Waals surface area contributed by atoms with E-state index in [9.17, 15) is 9.59 Å². The first-order valence-electron chi connectivity index (χ1n) is 9.81. The van der Waals surface area contributed by atoms with E-state index in [1.165, 1.54) is 0 Å². The van der Waals surface area contributed by atoms with Gasteiger partial charge in [0.2, 0.25) is 0 Å². The van der Waals surface area contributed by atoms with Crippen LogP contribution in [0.1, 0.15) is 21.5 Å². The summed E-state index contributed by atoms with van der Waals surface area (Å²) in [6.45, 7) is 0.853. The normalized spacial score (nSPS) is 10.7. The van der Waals surface area contributed by atoms with Gasteiger partial charge in [-0.15, -0.1) is 0 Å². The van der Waals surface area contributed by atoms with E-state index in [1.54, 1.807) is 33.8 Å². The van der Waals surface area contributed by atoms with Crippen LogP contribution in [-0.4, -0.2) is 26.8 Å². The summed E-state index contributed by atoms with van der Waals surface area (Å²) >= 11 is 0. The highest BCUT2D eigenvalue weighted by Crippen LogP contribution is 2.08. The molecule has 0 fully saturated rings. The molecule has 0 bridgehead atoms. The molecule has 0 unspecified atom stereocenters. The van der Waals surface area contributed by atoms with Gasteiger partial charge in [-0.05, 0) is 41.8 Å². The van der Waals surface area contributed by atoms with Crippen LogP contribution in [0.5, 0.6) is 0 Å². The Morgan fingerprint density at radius 1 is 0.900 bits per heavy atom. The van der Waals surface area contributed by atoms with Gasteiger partial charge in [-0.2, -0.15) is 5.10 Å². The second-order valence-corrected chi connectivity index (χ2v) is 6.98. The van der Waals surface area contributed by atoms with Crippen LogP contribution in [0.15, 0.2) is 96.2 Å². The third-order valence-electron chi connectivity index (χ3n) is 4.82. The third kappa shape index (κ3) is 4.55. The SMILES string of the molecule is O=C(NCCc1cnn(-c2ccccc2)c1)c1cccn(Cc2ccccc2)c1=O. The van der Waals surface area contributed by atoms with Gasteiger partial charge in [0.15, 0.2) is 0 Å². The van der Waals surface area contributed by atoms with E-state index in [1.807, 2.05) is 66.9 Å². The molecule has 0 radical (unpaired) electrons. The largest absolute Gasteiger partial charge is 0.352 e. The molecule has 2 aromatic heterocycles. The number of rotatable bonds is 7. The van der Waals surface area contributed by atoms with E-state index < -0.39 is 0 Å². The van der Waals surface area contributed by atoms with Crippen molar-refractivity contribution in [2.45, 2.75) is 13.0 Å². The van der Waals surface area contributed by atoms with Crippen molar-refractivity contribution < 1.29 is 4.79 Å². The number of hydrogen-bond acceptors (Lipinski definition) is 3. The molecule has 0 atom stereocenters. The van der Waals surface area contributed by atoms with Gasteiger partial charge in [-0.25, -0.2) is 4.68 Å². The zero-order valence-electron chi connectivity index (χ0n) is 16.4. The maximum absolute atomic E-state index is 12.7. The topological polar surface area (TPSA) is 68.9 Å². The van der Waals surface area contributed by atoms with Crippen LogP contribution in [0.4, 0.5) is 0 Å². The van der Waals surface area contributed by atoms with Crippen LogP contribution in [0.2, 0.25) is 0 Å². The Kier molecular flexibility index (Phi) is 5.85. The number of benzene rings is 2. The fourth-order valence-corrected chi connectivity index (χ4v) is 3.24. The molecule has 6 heteroatoms. The molecular formula is C24H22N4O2. The first-order valence-corrected chi connectivity index (χ1v) is 9.81. The molecule has 2 aromatic carbocycles. The Morgan fingerprint density at radius 2 is 1.63 bits per heavy atom. The van der Waals surface area contributed by atoms with Crippen molar-refractivity contribution in [3.63, 3.8) is 0 Å². The lowest BCUT2D eigenvalue weighted by Gasteiger charge is -2.09. The average Bonchev–Trinajstić information content (AvgIpc) is 3.25. The highest BCUT2D eigenvalue weighted by Gasteiger charge is 2.12. The fraction of sp³-hybridized carbons (Fsp3) is 0.125. The van der Waals surface area contributed by atoms with E-state index in [2.05, 4.69) is 10.4 Å². The molecule has 30 heavy (non-hydrogen) atoms. The van der Waals surface area contributed by atoms with E-state index >= 15 is 0 Å². The fourth-order valence-electron chi connectivity index (χ4n) is 3.24. The molecule has 0 spiro atoms. The maximum Gasteiger partial charge on any atom is 0.263 e. The molecule has 0 saturated carbocycles. The number of nitrogens with zero attached hydrogens (tertiary/aromatic N) is 3. The second kappa shape index (κ2) is 9.05. The lowest BCUT2D eigenvalue weighted by molar-refractivity contribution is 0.0952. The molecule has 2 heterocycles. The van der Waals surface area contributed by atoms with E-state index in [-0.39, 0.29) is 17.0 Å². The number of hydrogen-bond donors (Lipinski definition) is 1. The van der Waals surface area contributed by atoms with Crippen LogP contribution in [0.3, 0.4) is 0 Å². The quantitative estimate of drug-likeness (QED) is 0.520. The summed E-state index contributed by atoms with van der Waals surface area (Å²) in [7, 11) is 0. The van der Waals surface area contributed by atoms with Crippen LogP contribution < -0.4 is 10.9 Å². The van der Waals surface area contributed by atoms with Gasteiger partial charge in [0.1, 0.15) is 5.56 Å². The van der Waals surface area contributed by atoms with Gasteiger partial charge < -0.3 is 9.88 Å². The molecule has 150 valence electrons. The maximum atomic E-state index is 12.7. The minimum atomic E-state index is -0.363. The molecule has 1 amide bonds. The monoisotopic (exact) mass is 398 g/mol. The van der Waals surface area contributed by atoms with Crippen LogP contribution >= 0.6 is 0 Å². The number of pyridine rings is 1. The standard InChI is InChI=1S/C24H22N4O2/c29-23(22-12-7-15-27(24(22)30)17-19-8-3-1-4-9-19)25-14-13-20-16-26-28(18-20)21-10-5-2-6-11-21/h1-12,15-16,18H,13-14,17H2,(H,25,29). The van der Waals surface area contributed by atoms with Crippen molar-refractivity contribution in [2.75, 3.05) is 6.54 Å². The summed E-state index contributed by atoms with van der Waals surface area (Å²) in [5, 5.41) is 7.20. The number of carbonyl (C=O) groups excluding carboxylic acids is 1. The number of amides is 1. The average molecular weight is 398 g/mol. The number of carbonyl (C=O) groups is 1. The minimum absolute atomic E-state index is 0.147. The van der Waals surface area contributed by atoms with E-state index in [0.29, 0.717) is 19.5 Å². The lowest BCUT2D eigenvalue weighted by Crippen LogP contribution is -2.33. The van der Waals surface area contributed by atoms with Crippen LogP contribution in [0, 0.1) is 0 Å². The number of nitrogens with one attached hydrogen (secondary N) is 1. The van der Waals surface area contributed by atoms with Gasteiger partial charge in [-0.3, -0.25) is 9.59 Å². The van der Waals surface area contributed by atoms with Crippen LogP contribution in [-0.2, 0) is 13.0 Å². The summed E-state index contributed by atoms with van der Waals surface area (Å²) in [5.41, 5.74) is 2.85. The predicted octanol–water partition coefficient (Wildman–Crippen LogP) is 3.05. The van der Waals surface area contributed by atoms with Gasteiger partial charge >= 0.3 is 0 Å². The Balaban J connectivity index is 1.37. The van der Waals surface area contributed by atoms with Crippen molar-refractivity contribution >= 4 is 5.91 Å². The second-order valence-electron chi connectivity index (χ2n) is 6.98. The van der Waals surface area contributed by atoms with Crippen molar-refractivity contribution in [1.82, 2.24) is 19.7 Å². The zero-order chi connectivity index (χ0) is 20.8. The molecule has 0 aliphatic carbocycles. The van der Waals surface area contributed by atoms with E-state index in [0.717, 1.165) is 16.8 Å². The van der Waals surface area contributed by atoms with Crippen molar-refractivity contribution in [1.29, 1.82) is 0 Å². The summed E-state index contributed by atoms with van der Waals surface area (Å²) in [5.74, 6) is -0.363. The van der Waals surface area contributed by atoms with E-state index in [4.69, 9.17) is 0 Å². The smallest absolute Gasteiger partial charge is 0.263 e. The van der Waals surface area contributed by atoms with Gasteiger partial charge in [0, 0.05) is 18.9 Å². The molecule has 0 aliphatic heterocycles. The Labute approximate surface area is 174 Å². The molecule has 1 N–H and O–H groups in total. The van der Waals surface area contributed by atoms with Gasteiger partial charge in [-0.1, -0.05) is 48.5 Å². The Morgan fingerprint density at radius 3 is 2.40 bits per heavy atom. The summed E-state index contributed by atoms with van der Waals surface area (Å²) in [6, 6.07) is 22.8. The highest BCUT2D eigenvalue weighted by atomic mass is 16.2. The zero-order valence-corrected chi connectivity index (χ0v) is 16.4. The van der Waals surface area contributed by atoms with Crippen molar-refractivity contribution in [3.8, 4) is 5.69 Å². The first-order chi connectivity index (χ1) is 14.7. The molecule has 4 aromatic rings. The van der Waals surface area contributed by atoms with Gasteiger partial charge in [0.05, 0.1) is 18.4 Å². The lowest BCUT2D eigenvalue weighted by atomic mass is 10.2. The Hall–Kier alpha value is -3.93. The molecular weight excluding hydrogens is 376 g/mol. The Bertz CT molecular complexity index is 1180. The number of aromatic nitrogens is 3. The summed E-state index contributed by atoms with van der Waals surface area (Å²) < 4.78 is 3.35. The van der Waals surface area contributed by atoms with Crippen molar-refractivity contribution in [3.05, 3.63) is 118 Å². The summed E-state index contributed by atoms with van der Waals surface area (Å²) in [4.78, 5) is 25.2.